The molecule has 2 aromatic heterocycles. The lowest BCUT2D eigenvalue weighted by atomic mass is 9.91. The van der Waals surface area contributed by atoms with Gasteiger partial charge in [0.2, 0.25) is 11.1 Å². The first kappa shape index (κ1) is 23.0. The molecule has 0 aromatic carbocycles. The largest absolute Gasteiger partial charge is 0.326 e. The van der Waals surface area contributed by atoms with Gasteiger partial charge in [-0.1, -0.05) is 37.8 Å². The van der Waals surface area contributed by atoms with Crippen molar-refractivity contribution in [2.24, 2.45) is 0 Å². The Morgan fingerprint density at radius 1 is 0.656 bits per heavy atom. The number of hydrogen-bond donors (Lipinski definition) is 4. The van der Waals surface area contributed by atoms with E-state index in [-0.39, 0.29) is 11.1 Å². The first-order valence-electron chi connectivity index (χ1n) is 12.6. The smallest absolute Gasteiger partial charge is 0.248 e. The summed E-state index contributed by atoms with van der Waals surface area (Å²) in [6, 6.07) is 8.10. The van der Waals surface area contributed by atoms with Gasteiger partial charge in [-0.3, -0.25) is 9.59 Å². The summed E-state index contributed by atoms with van der Waals surface area (Å²) in [5, 5.41) is 7.40. The predicted molar refractivity (Wildman–Crippen MR) is 129 cm³/mol. The molecule has 32 heavy (non-hydrogen) atoms. The minimum Gasteiger partial charge on any atom is -0.326 e. The van der Waals surface area contributed by atoms with Crippen LogP contribution in [0.15, 0.2) is 33.9 Å². The van der Waals surface area contributed by atoms with Gasteiger partial charge in [0.25, 0.3) is 0 Å². The van der Waals surface area contributed by atoms with Crippen LogP contribution >= 0.6 is 0 Å². The minimum absolute atomic E-state index is 0.0134. The van der Waals surface area contributed by atoms with Crippen molar-refractivity contribution in [3.63, 3.8) is 0 Å². The second-order valence-electron chi connectivity index (χ2n) is 9.43. The number of unbranched alkanes of at least 4 members (excludes halogenated alkanes) is 5. The van der Waals surface area contributed by atoms with Crippen molar-refractivity contribution < 1.29 is 0 Å². The number of fused-ring (bicyclic) bond motifs is 2. The highest BCUT2D eigenvalue weighted by atomic mass is 16.1. The number of aromatic amines is 2. The van der Waals surface area contributed by atoms with E-state index in [4.69, 9.17) is 0 Å². The Balaban J connectivity index is 1.05. The van der Waals surface area contributed by atoms with Gasteiger partial charge in [-0.15, -0.1) is 0 Å². The van der Waals surface area contributed by atoms with Crippen LogP contribution in [0.25, 0.3) is 0 Å². The lowest BCUT2D eigenvalue weighted by Gasteiger charge is -2.26. The molecule has 0 fully saturated rings. The number of hydrogen-bond acceptors (Lipinski definition) is 4. The minimum atomic E-state index is 0.0134. The van der Waals surface area contributed by atoms with E-state index >= 15 is 0 Å². The molecular weight excluding hydrogens is 400 g/mol. The summed E-state index contributed by atoms with van der Waals surface area (Å²) in [5.74, 6) is 0. The fraction of sp³-hybridized carbons (Fsp3) is 0.615. The van der Waals surface area contributed by atoms with Crippen molar-refractivity contribution in [3.05, 3.63) is 67.5 Å². The summed E-state index contributed by atoms with van der Waals surface area (Å²) in [7, 11) is 0. The number of aromatic nitrogens is 2. The zero-order valence-electron chi connectivity index (χ0n) is 19.2. The van der Waals surface area contributed by atoms with Gasteiger partial charge in [-0.2, -0.15) is 0 Å². The van der Waals surface area contributed by atoms with Crippen molar-refractivity contribution in [1.29, 1.82) is 0 Å². The van der Waals surface area contributed by atoms with Gasteiger partial charge in [0.05, 0.1) is 0 Å². The van der Waals surface area contributed by atoms with Crippen molar-refractivity contribution in [2.75, 3.05) is 13.1 Å². The Bertz CT molecular complexity index is 901. The van der Waals surface area contributed by atoms with E-state index in [0.29, 0.717) is 12.1 Å². The number of H-pyrrole nitrogens is 2. The summed E-state index contributed by atoms with van der Waals surface area (Å²) >= 11 is 0. The molecule has 2 heterocycles. The summed E-state index contributed by atoms with van der Waals surface area (Å²) in [5.41, 5.74) is 4.85. The molecule has 0 bridgehead atoms. The normalized spacial score (nSPS) is 20.0. The highest BCUT2D eigenvalue weighted by molar-refractivity contribution is 5.27. The van der Waals surface area contributed by atoms with Crippen LogP contribution in [0.1, 0.15) is 98.8 Å². The van der Waals surface area contributed by atoms with E-state index in [2.05, 4.69) is 20.6 Å². The number of aryl methyl sites for hydroxylation is 2. The molecular formula is C26H38N4O2. The maximum absolute atomic E-state index is 11.5. The van der Waals surface area contributed by atoms with Crippen LogP contribution in [0.2, 0.25) is 0 Å². The quantitative estimate of drug-likeness (QED) is 0.399. The Hall–Kier alpha value is -2.18. The summed E-state index contributed by atoms with van der Waals surface area (Å²) in [6.07, 6.45) is 14.1. The van der Waals surface area contributed by atoms with Crippen LogP contribution in [-0.2, 0) is 12.8 Å². The molecule has 6 heteroatoms. The Kier molecular flexibility index (Phi) is 8.35. The molecule has 2 aliphatic carbocycles. The monoisotopic (exact) mass is 438 g/mol. The predicted octanol–water partition coefficient (Wildman–Crippen LogP) is 4.04. The van der Waals surface area contributed by atoms with Crippen molar-refractivity contribution in [1.82, 2.24) is 20.6 Å². The molecule has 2 aromatic rings. The second-order valence-corrected chi connectivity index (χ2v) is 9.43. The van der Waals surface area contributed by atoms with Gasteiger partial charge in [-0.05, 0) is 75.6 Å². The number of pyridine rings is 2. The van der Waals surface area contributed by atoms with Crippen LogP contribution in [0, 0.1) is 0 Å². The van der Waals surface area contributed by atoms with Crippen LogP contribution in [0.3, 0.4) is 0 Å². The first-order valence-corrected chi connectivity index (χ1v) is 12.6. The lowest BCUT2D eigenvalue weighted by Crippen LogP contribution is -2.28. The van der Waals surface area contributed by atoms with Gasteiger partial charge in [0.1, 0.15) is 0 Å². The van der Waals surface area contributed by atoms with Crippen LogP contribution < -0.4 is 21.8 Å². The summed E-state index contributed by atoms with van der Waals surface area (Å²) in [4.78, 5) is 29.1. The highest BCUT2D eigenvalue weighted by Gasteiger charge is 2.21. The van der Waals surface area contributed by atoms with E-state index in [0.717, 1.165) is 63.0 Å². The highest BCUT2D eigenvalue weighted by Crippen LogP contribution is 2.28. The van der Waals surface area contributed by atoms with E-state index in [1.165, 1.54) is 49.7 Å². The molecule has 0 unspecified atom stereocenters. The summed E-state index contributed by atoms with van der Waals surface area (Å²) in [6.45, 7) is 2.10. The molecule has 0 aliphatic heterocycles. The van der Waals surface area contributed by atoms with Gasteiger partial charge in [-0.25, -0.2) is 0 Å². The fourth-order valence-corrected chi connectivity index (χ4v) is 5.33. The number of rotatable bonds is 11. The topological polar surface area (TPSA) is 89.8 Å². The lowest BCUT2D eigenvalue weighted by molar-refractivity contribution is 0.436. The average Bonchev–Trinajstić information content (AvgIpc) is 2.80. The Labute approximate surface area is 190 Å². The molecule has 2 atom stereocenters. The maximum Gasteiger partial charge on any atom is 0.248 e. The van der Waals surface area contributed by atoms with Crippen LogP contribution in [0.5, 0.6) is 0 Å². The third-order valence-electron chi connectivity index (χ3n) is 7.05. The molecule has 174 valence electrons. The molecule has 6 nitrogen and oxygen atoms in total. The van der Waals surface area contributed by atoms with Crippen LogP contribution in [0.4, 0.5) is 0 Å². The van der Waals surface area contributed by atoms with E-state index in [9.17, 15) is 9.59 Å². The summed E-state index contributed by atoms with van der Waals surface area (Å²) < 4.78 is 0. The third-order valence-corrected chi connectivity index (χ3v) is 7.05. The average molecular weight is 439 g/mol. The zero-order chi connectivity index (χ0) is 22.2. The fourth-order valence-electron chi connectivity index (χ4n) is 5.33. The molecule has 0 radical (unpaired) electrons. The Morgan fingerprint density at radius 3 is 1.56 bits per heavy atom. The van der Waals surface area contributed by atoms with E-state index in [1.807, 2.05) is 12.1 Å². The van der Waals surface area contributed by atoms with Gasteiger partial charge in [0.15, 0.2) is 0 Å². The van der Waals surface area contributed by atoms with E-state index in [1.54, 1.807) is 12.1 Å². The molecule has 0 amide bonds. The van der Waals surface area contributed by atoms with Crippen LogP contribution in [-0.4, -0.2) is 23.1 Å². The molecule has 0 spiro atoms. The maximum atomic E-state index is 11.5. The third kappa shape index (κ3) is 6.20. The standard InChI is InChI=1S/C26H38N4O2/c31-25-15-13-19-21(9-7-11-23(19)29-25)27-17-5-3-1-2-4-6-18-28-22-10-8-12-24-20(22)14-16-26(32)30-24/h13-16,21-22,27-28H,1-12,17-18H2,(H,29,31)(H,30,32)/t21-,22-/m1/s1. The van der Waals surface area contributed by atoms with Gasteiger partial charge >= 0.3 is 0 Å². The zero-order valence-corrected chi connectivity index (χ0v) is 19.2. The number of nitrogens with one attached hydrogen (secondary N) is 4. The van der Waals surface area contributed by atoms with Gasteiger partial charge < -0.3 is 20.6 Å². The Morgan fingerprint density at radius 2 is 1.09 bits per heavy atom. The van der Waals surface area contributed by atoms with E-state index < -0.39 is 0 Å². The molecule has 0 saturated carbocycles. The van der Waals surface area contributed by atoms with Gasteiger partial charge in [0, 0.05) is 35.6 Å². The first-order chi connectivity index (χ1) is 15.7. The second kappa shape index (κ2) is 11.6. The van der Waals surface area contributed by atoms with Crippen molar-refractivity contribution in [2.45, 2.75) is 89.1 Å². The molecule has 0 saturated heterocycles. The SMILES string of the molecule is O=c1ccc2c([nH]1)CCC[C@H]2NCCCCCCCCN[C@@H]1CCCc2[nH]c(=O)ccc21. The van der Waals surface area contributed by atoms with Crippen molar-refractivity contribution >= 4 is 0 Å². The molecule has 4 rings (SSSR count). The molecule has 2 aliphatic rings. The van der Waals surface area contributed by atoms with Crippen molar-refractivity contribution in [3.8, 4) is 0 Å². The molecule has 4 N–H and O–H groups in total.